The highest BCUT2D eigenvalue weighted by atomic mass is 32.1. The van der Waals surface area contributed by atoms with Crippen molar-refractivity contribution in [3.05, 3.63) is 39.1 Å². The van der Waals surface area contributed by atoms with E-state index < -0.39 is 0 Å². The Hall–Kier alpha value is -2.19. The number of thiophene rings is 1. The molecule has 2 bridgehead atoms. The molecule has 0 aliphatic carbocycles. The second-order valence-corrected chi connectivity index (χ2v) is 12.6. The van der Waals surface area contributed by atoms with Crippen LogP contribution in [0.4, 0.5) is 0 Å². The second kappa shape index (κ2) is 10.3. The molecule has 3 aliphatic rings. The molecule has 0 radical (unpaired) electrons. The second-order valence-electron chi connectivity index (χ2n) is 11.3. The minimum atomic E-state index is 0.0313. The Morgan fingerprint density at radius 3 is 2.47 bits per heavy atom. The summed E-state index contributed by atoms with van der Waals surface area (Å²) >= 11 is 1.79. The molecule has 2 aromatic rings. The van der Waals surface area contributed by atoms with Gasteiger partial charge in [0.1, 0.15) is 5.82 Å². The van der Waals surface area contributed by atoms with E-state index in [1.54, 1.807) is 18.3 Å². The third-order valence-corrected chi connectivity index (χ3v) is 9.53. The number of hydrogen-bond donors (Lipinski definition) is 1. The Morgan fingerprint density at radius 2 is 1.86 bits per heavy atom. The average Bonchev–Trinajstić information content (AvgIpc) is 3.47. The Balaban J connectivity index is 1.26. The molecule has 2 aromatic heterocycles. The lowest BCUT2D eigenvalue weighted by atomic mass is 9.95. The summed E-state index contributed by atoms with van der Waals surface area (Å²) in [4.78, 5) is 36.7. The van der Waals surface area contributed by atoms with Crippen molar-refractivity contribution in [2.24, 2.45) is 5.92 Å². The van der Waals surface area contributed by atoms with Crippen LogP contribution < -0.4 is 5.32 Å². The van der Waals surface area contributed by atoms with Crippen molar-refractivity contribution in [2.75, 3.05) is 13.1 Å². The van der Waals surface area contributed by atoms with Crippen LogP contribution in [0.2, 0.25) is 0 Å². The minimum Gasteiger partial charge on any atom is -0.349 e. The average molecular weight is 512 g/mol. The standard InChI is InChI=1S/C28H41N5O2S/c1-17(2)28(35)31-12-11-26-25(16-31)29-19(4)33(26)23-14-21-7-8-22(15-23)32(21)13-10-24(30-20(5)34)27-9-6-18(3)36-27/h6,9,17,21-24H,7-8,10-16H2,1-5H3,(H,30,34)/t21?,22?,23?,24-/m0/s1. The molecular weight excluding hydrogens is 470 g/mol. The summed E-state index contributed by atoms with van der Waals surface area (Å²) in [7, 11) is 0. The van der Waals surface area contributed by atoms with E-state index in [0.717, 1.165) is 50.3 Å². The molecule has 0 spiro atoms. The number of carbonyl (C=O) groups excluding carboxylic acids is 2. The van der Waals surface area contributed by atoms with Gasteiger partial charge in [0, 0.05) is 65.9 Å². The van der Waals surface area contributed by atoms with Gasteiger partial charge in [0.2, 0.25) is 11.8 Å². The van der Waals surface area contributed by atoms with Crippen molar-refractivity contribution in [1.82, 2.24) is 24.7 Å². The first-order valence-electron chi connectivity index (χ1n) is 13.7. The van der Waals surface area contributed by atoms with E-state index in [1.165, 1.54) is 28.3 Å². The molecule has 2 amide bonds. The smallest absolute Gasteiger partial charge is 0.225 e. The van der Waals surface area contributed by atoms with E-state index in [-0.39, 0.29) is 23.8 Å². The Labute approximate surface area is 219 Å². The highest BCUT2D eigenvalue weighted by Crippen LogP contribution is 2.43. The highest BCUT2D eigenvalue weighted by molar-refractivity contribution is 7.12. The molecule has 8 heteroatoms. The first-order valence-corrected chi connectivity index (χ1v) is 14.5. The fourth-order valence-electron chi connectivity index (χ4n) is 6.85. The molecule has 2 unspecified atom stereocenters. The lowest BCUT2D eigenvalue weighted by molar-refractivity contribution is -0.135. The van der Waals surface area contributed by atoms with Gasteiger partial charge in [0.25, 0.3) is 0 Å². The van der Waals surface area contributed by atoms with Gasteiger partial charge in [-0.1, -0.05) is 13.8 Å². The number of aromatic nitrogens is 2. The molecule has 2 saturated heterocycles. The summed E-state index contributed by atoms with van der Waals surface area (Å²) in [6.07, 6.45) is 6.71. The van der Waals surface area contributed by atoms with Crippen LogP contribution in [-0.4, -0.2) is 56.3 Å². The fraction of sp³-hybridized carbons (Fsp3) is 0.679. The number of nitrogens with zero attached hydrogens (tertiary/aromatic N) is 4. The maximum absolute atomic E-state index is 12.6. The Bertz CT molecular complexity index is 1110. The molecule has 5 rings (SSSR count). The highest BCUT2D eigenvalue weighted by Gasteiger charge is 2.42. The van der Waals surface area contributed by atoms with Gasteiger partial charge in [0.15, 0.2) is 0 Å². The molecule has 196 valence electrons. The van der Waals surface area contributed by atoms with Crippen molar-refractivity contribution in [3.63, 3.8) is 0 Å². The van der Waals surface area contributed by atoms with Gasteiger partial charge in [-0.05, 0) is 58.1 Å². The first kappa shape index (κ1) is 25.5. The zero-order valence-corrected chi connectivity index (χ0v) is 23.2. The van der Waals surface area contributed by atoms with Crippen molar-refractivity contribution in [2.45, 2.75) is 104 Å². The normalized spacial score (nSPS) is 24.7. The predicted molar refractivity (Wildman–Crippen MR) is 143 cm³/mol. The van der Waals surface area contributed by atoms with Crippen LogP contribution in [-0.2, 0) is 22.6 Å². The maximum Gasteiger partial charge on any atom is 0.225 e. The monoisotopic (exact) mass is 511 g/mol. The number of fused-ring (bicyclic) bond motifs is 3. The van der Waals surface area contributed by atoms with Crippen LogP contribution in [0.25, 0.3) is 0 Å². The van der Waals surface area contributed by atoms with Gasteiger partial charge in [-0.2, -0.15) is 0 Å². The number of aryl methyl sites for hydroxylation is 2. The van der Waals surface area contributed by atoms with Crippen LogP contribution in [0, 0.1) is 19.8 Å². The number of carbonyl (C=O) groups is 2. The van der Waals surface area contributed by atoms with Gasteiger partial charge < -0.3 is 14.8 Å². The van der Waals surface area contributed by atoms with Crippen molar-refractivity contribution in [1.29, 1.82) is 0 Å². The number of imidazole rings is 1. The molecule has 3 atom stereocenters. The molecule has 2 fully saturated rings. The molecular formula is C28H41N5O2S. The lowest BCUT2D eigenvalue weighted by Crippen LogP contribution is -2.45. The van der Waals surface area contributed by atoms with Crippen molar-refractivity contribution < 1.29 is 9.59 Å². The van der Waals surface area contributed by atoms with Crippen molar-refractivity contribution >= 4 is 23.2 Å². The van der Waals surface area contributed by atoms with Gasteiger partial charge in [-0.3, -0.25) is 14.5 Å². The van der Waals surface area contributed by atoms with E-state index in [2.05, 4.69) is 40.8 Å². The van der Waals surface area contributed by atoms with Crippen LogP contribution in [0.5, 0.6) is 0 Å². The quantitative estimate of drug-likeness (QED) is 0.593. The summed E-state index contributed by atoms with van der Waals surface area (Å²) in [5.41, 5.74) is 2.46. The summed E-state index contributed by atoms with van der Waals surface area (Å²) in [5, 5.41) is 3.19. The number of rotatable bonds is 7. The molecule has 1 N–H and O–H groups in total. The zero-order valence-electron chi connectivity index (χ0n) is 22.4. The lowest BCUT2D eigenvalue weighted by Gasteiger charge is -2.41. The van der Waals surface area contributed by atoms with E-state index in [0.29, 0.717) is 24.7 Å². The molecule has 5 heterocycles. The van der Waals surface area contributed by atoms with E-state index in [1.807, 2.05) is 18.7 Å². The minimum absolute atomic E-state index is 0.0313. The van der Waals surface area contributed by atoms with Gasteiger partial charge in [-0.25, -0.2) is 4.98 Å². The number of amides is 2. The fourth-order valence-corrected chi connectivity index (χ4v) is 7.81. The van der Waals surface area contributed by atoms with E-state index in [9.17, 15) is 9.59 Å². The molecule has 36 heavy (non-hydrogen) atoms. The van der Waals surface area contributed by atoms with Crippen LogP contribution in [0.15, 0.2) is 12.1 Å². The summed E-state index contributed by atoms with van der Waals surface area (Å²) in [6, 6.07) is 6.10. The largest absolute Gasteiger partial charge is 0.349 e. The van der Waals surface area contributed by atoms with Crippen molar-refractivity contribution in [3.8, 4) is 0 Å². The molecule has 7 nitrogen and oxygen atoms in total. The van der Waals surface area contributed by atoms with Crippen LogP contribution in [0.3, 0.4) is 0 Å². The predicted octanol–water partition coefficient (Wildman–Crippen LogP) is 4.54. The summed E-state index contributed by atoms with van der Waals surface area (Å²) < 4.78 is 2.53. The third-order valence-electron chi connectivity index (χ3n) is 8.42. The topological polar surface area (TPSA) is 70.5 Å². The summed E-state index contributed by atoms with van der Waals surface area (Å²) in [5.74, 6) is 1.41. The van der Waals surface area contributed by atoms with Crippen LogP contribution >= 0.6 is 11.3 Å². The van der Waals surface area contributed by atoms with Crippen LogP contribution in [0.1, 0.15) is 91.9 Å². The number of hydrogen-bond acceptors (Lipinski definition) is 5. The Morgan fingerprint density at radius 1 is 1.14 bits per heavy atom. The molecule has 3 aliphatic heterocycles. The SMILES string of the molecule is CC(=O)N[C@@H](CCN1C2CCC1CC(n1c(C)nc3c1CCN(C(=O)C(C)C)C3)C2)c1ccc(C)s1. The van der Waals surface area contributed by atoms with E-state index >= 15 is 0 Å². The molecule has 0 saturated carbocycles. The van der Waals surface area contributed by atoms with E-state index in [4.69, 9.17) is 4.98 Å². The maximum atomic E-state index is 12.6. The Kier molecular flexibility index (Phi) is 7.27. The zero-order chi connectivity index (χ0) is 25.6. The summed E-state index contributed by atoms with van der Waals surface area (Å²) in [6.45, 7) is 12.3. The third kappa shape index (κ3) is 4.99. The number of piperidine rings is 1. The van der Waals surface area contributed by atoms with Gasteiger partial charge in [-0.15, -0.1) is 11.3 Å². The van der Waals surface area contributed by atoms with Gasteiger partial charge >= 0.3 is 0 Å². The molecule has 0 aromatic carbocycles. The van der Waals surface area contributed by atoms with Gasteiger partial charge in [0.05, 0.1) is 18.3 Å². The number of nitrogens with one attached hydrogen (secondary N) is 1. The first-order chi connectivity index (χ1) is 17.2.